The Morgan fingerprint density at radius 3 is 2.66 bits per heavy atom. The Hall–Kier alpha value is -3.33. The van der Waals surface area contributed by atoms with E-state index in [0.29, 0.717) is 29.9 Å². The Labute approximate surface area is 165 Å². The Morgan fingerprint density at radius 2 is 2.07 bits per heavy atom. The van der Waals surface area contributed by atoms with Crippen molar-refractivity contribution in [3.8, 4) is 28.6 Å². The number of phenolic OH excluding ortho intramolecular Hbond substituents is 2. The lowest BCUT2D eigenvalue weighted by Gasteiger charge is -2.41. The first-order chi connectivity index (χ1) is 13.8. The van der Waals surface area contributed by atoms with Crippen molar-refractivity contribution in [3.05, 3.63) is 30.1 Å². The third kappa shape index (κ3) is 2.85. The average molecular weight is 401 g/mol. The molecule has 2 aromatic carbocycles. The van der Waals surface area contributed by atoms with Crippen LogP contribution in [-0.4, -0.2) is 46.0 Å². The fourth-order valence-corrected chi connectivity index (χ4v) is 3.58. The summed E-state index contributed by atoms with van der Waals surface area (Å²) in [5.74, 6) is -2.75. The molecule has 0 bridgehead atoms. The molecular weight excluding hydrogens is 381 g/mol. The number of nitrogens with one attached hydrogen (secondary N) is 1. The largest absolute Gasteiger partial charge is 0.502 e. The molecule has 1 amide bonds. The van der Waals surface area contributed by atoms with Crippen LogP contribution in [0.4, 0.5) is 10.1 Å². The van der Waals surface area contributed by atoms with E-state index >= 15 is 0 Å². The van der Waals surface area contributed by atoms with Crippen molar-refractivity contribution >= 4 is 22.6 Å². The molecule has 1 aromatic heterocycles. The van der Waals surface area contributed by atoms with Gasteiger partial charge in [0.1, 0.15) is 5.82 Å². The van der Waals surface area contributed by atoms with Crippen LogP contribution in [0.3, 0.4) is 0 Å². The average Bonchev–Trinajstić information content (AvgIpc) is 3.05. The van der Waals surface area contributed by atoms with Gasteiger partial charge in [0.05, 0.1) is 48.1 Å². The Balaban J connectivity index is 2.08. The molecule has 4 rings (SSSR count). The third-order valence-corrected chi connectivity index (χ3v) is 4.99. The van der Waals surface area contributed by atoms with E-state index in [-0.39, 0.29) is 23.0 Å². The molecule has 3 N–H and O–H groups in total. The number of hydrogen-bond donors (Lipinski definition) is 3. The molecule has 0 radical (unpaired) electrons. The highest BCUT2D eigenvalue weighted by atomic mass is 19.1. The number of carbonyl (C=O) groups excluding carboxylic acids is 1. The van der Waals surface area contributed by atoms with Crippen LogP contribution in [0.15, 0.2) is 24.3 Å². The zero-order valence-electron chi connectivity index (χ0n) is 16.1. The number of ether oxygens (including phenoxy) is 2. The van der Waals surface area contributed by atoms with Gasteiger partial charge in [-0.05, 0) is 25.1 Å². The van der Waals surface area contributed by atoms with E-state index < -0.39 is 22.9 Å². The number of aromatic hydroxyl groups is 2. The number of benzene rings is 2. The molecule has 0 aliphatic carbocycles. The number of carbonyl (C=O) groups is 1. The van der Waals surface area contributed by atoms with Crippen molar-refractivity contribution in [2.24, 2.45) is 0 Å². The van der Waals surface area contributed by atoms with Gasteiger partial charge < -0.3 is 29.6 Å². The second-order valence-electron chi connectivity index (χ2n) is 7.25. The second kappa shape index (κ2) is 6.63. The number of para-hydroxylation sites is 1. The molecule has 1 fully saturated rings. The van der Waals surface area contributed by atoms with Crippen LogP contribution in [0, 0.1) is 5.82 Å². The summed E-state index contributed by atoms with van der Waals surface area (Å²) in [6.45, 7) is 4.06. The molecule has 0 unspecified atom stereocenters. The number of fused-ring (bicyclic) bond motifs is 1. The van der Waals surface area contributed by atoms with Crippen LogP contribution in [-0.2, 0) is 15.1 Å². The highest BCUT2D eigenvalue weighted by molar-refractivity contribution is 6.00. The number of anilines is 1. The minimum absolute atomic E-state index is 0.0461. The summed E-state index contributed by atoms with van der Waals surface area (Å²) in [6.07, 6.45) is 0. The first kappa shape index (κ1) is 19.0. The van der Waals surface area contributed by atoms with Gasteiger partial charge in [-0.15, -0.1) is 0 Å². The molecule has 1 saturated heterocycles. The van der Waals surface area contributed by atoms with Crippen molar-refractivity contribution in [3.63, 3.8) is 0 Å². The van der Waals surface area contributed by atoms with Crippen molar-refractivity contribution in [1.29, 1.82) is 0 Å². The minimum Gasteiger partial charge on any atom is -0.502 e. The maximum absolute atomic E-state index is 15.0. The zero-order chi connectivity index (χ0) is 20.9. The fraction of sp³-hybridized carbons (Fsp3) is 0.300. The summed E-state index contributed by atoms with van der Waals surface area (Å²) in [6, 6.07) is 6.50. The zero-order valence-corrected chi connectivity index (χ0v) is 16.1. The lowest BCUT2D eigenvalue weighted by molar-refractivity contribution is -0.114. The molecule has 0 spiro atoms. The molecule has 0 saturated carbocycles. The van der Waals surface area contributed by atoms with E-state index in [1.165, 1.54) is 20.1 Å². The Bertz CT molecular complexity index is 1140. The smallest absolute Gasteiger partial charge is 0.221 e. The minimum atomic E-state index is -1.02. The second-order valence-corrected chi connectivity index (χ2v) is 7.25. The van der Waals surface area contributed by atoms with Crippen molar-refractivity contribution in [2.75, 3.05) is 25.6 Å². The summed E-state index contributed by atoms with van der Waals surface area (Å²) < 4.78 is 27.2. The van der Waals surface area contributed by atoms with Gasteiger partial charge >= 0.3 is 0 Å². The van der Waals surface area contributed by atoms with E-state index in [0.717, 1.165) is 0 Å². The van der Waals surface area contributed by atoms with Crippen LogP contribution >= 0.6 is 0 Å². The molecule has 9 heteroatoms. The lowest BCUT2D eigenvalue weighted by atomic mass is 9.98. The van der Waals surface area contributed by atoms with Gasteiger partial charge in [-0.2, -0.15) is 0 Å². The molecule has 0 atom stereocenters. The Kier molecular flexibility index (Phi) is 4.34. The monoisotopic (exact) mass is 401 g/mol. The number of amides is 1. The highest BCUT2D eigenvalue weighted by Crippen LogP contribution is 2.45. The van der Waals surface area contributed by atoms with Gasteiger partial charge in [0.15, 0.2) is 17.3 Å². The van der Waals surface area contributed by atoms with Crippen LogP contribution in [0.5, 0.6) is 17.2 Å². The number of aromatic nitrogens is 2. The maximum atomic E-state index is 15.0. The van der Waals surface area contributed by atoms with Crippen LogP contribution in [0.25, 0.3) is 22.4 Å². The topological polar surface area (TPSA) is 106 Å². The fourth-order valence-electron chi connectivity index (χ4n) is 3.58. The molecule has 29 heavy (non-hydrogen) atoms. The predicted octanol–water partition coefficient (Wildman–Crippen LogP) is 2.97. The number of nitrogens with zero attached hydrogens (tertiary/aromatic N) is 2. The first-order valence-electron chi connectivity index (χ1n) is 8.93. The van der Waals surface area contributed by atoms with Gasteiger partial charge in [-0.1, -0.05) is 6.07 Å². The summed E-state index contributed by atoms with van der Waals surface area (Å²) in [4.78, 5) is 16.3. The van der Waals surface area contributed by atoms with E-state index in [1.54, 1.807) is 22.8 Å². The van der Waals surface area contributed by atoms with E-state index in [9.17, 15) is 19.4 Å². The molecule has 3 aromatic rings. The number of imidazole rings is 1. The Morgan fingerprint density at radius 1 is 1.34 bits per heavy atom. The van der Waals surface area contributed by atoms with E-state index in [1.807, 2.05) is 6.92 Å². The lowest BCUT2D eigenvalue weighted by Crippen LogP contribution is -2.49. The number of methoxy groups -OCH3 is 1. The summed E-state index contributed by atoms with van der Waals surface area (Å²) >= 11 is 0. The number of rotatable bonds is 4. The number of hydrogen-bond acceptors (Lipinski definition) is 6. The normalized spacial score (nSPS) is 15.2. The standard InChI is InChI=1S/C20H20FN3O5/c1-10(25)22-12-5-4-6-13-16(12)24(20(2)8-29-9-20)19(23-13)11-7-14(28-3)17(26)18(27)15(11)21/h4-7,26-27H,8-9H2,1-3H3,(H,22,25). The van der Waals surface area contributed by atoms with Crippen LogP contribution < -0.4 is 10.1 Å². The molecule has 8 nitrogen and oxygen atoms in total. The van der Waals surface area contributed by atoms with Gasteiger partial charge in [-0.3, -0.25) is 4.79 Å². The highest BCUT2D eigenvalue weighted by Gasteiger charge is 2.40. The summed E-state index contributed by atoms with van der Waals surface area (Å²) in [7, 11) is 1.30. The summed E-state index contributed by atoms with van der Waals surface area (Å²) in [5.41, 5.74) is 1.07. The van der Waals surface area contributed by atoms with Gasteiger partial charge in [-0.25, -0.2) is 9.37 Å². The quantitative estimate of drug-likeness (QED) is 0.581. The molecule has 1 aliphatic rings. The maximum Gasteiger partial charge on any atom is 0.221 e. The number of phenols is 2. The van der Waals surface area contributed by atoms with Crippen molar-refractivity contribution < 1.29 is 28.9 Å². The summed E-state index contributed by atoms with van der Waals surface area (Å²) in [5, 5.41) is 22.7. The SMILES string of the molecule is COc1cc(-c2nc3cccc(NC(C)=O)c3n2C2(C)COC2)c(F)c(O)c1O. The molecule has 1 aliphatic heterocycles. The first-order valence-corrected chi connectivity index (χ1v) is 8.93. The molecule has 152 valence electrons. The van der Waals surface area contributed by atoms with Gasteiger partial charge in [0.2, 0.25) is 11.7 Å². The van der Waals surface area contributed by atoms with Crippen LogP contribution in [0.1, 0.15) is 13.8 Å². The third-order valence-electron chi connectivity index (χ3n) is 4.99. The van der Waals surface area contributed by atoms with Gasteiger partial charge in [0, 0.05) is 6.92 Å². The predicted molar refractivity (Wildman–Crippen MR) is 104 cm³/mol. The molecule has 2 heterocycles. The van der Waals surface area contributed by atoms with Crippen LogP contribution in [0.2, 0.25) is 0 Å². The molecular formula is C20H20FN3O5. The van der Waals surface area contributed by atoms with Crippen molar-refractivity contribution in [2.45, 2.75) is 19.4 Å². The van der Waals surface area contributed by atoms with Crippen molar-refractivity contribution in [1.82, 2.24) is 9.55 Å². The van der Waals surface area contributed by atoms with E-state index in [4.69, 9.17) is 9.47 Å². The van der Waals surface area contributed by atoms with E-state index in [2.05, 4.69) is 10.3 Å². The van der Waals surface area contributed by atoms with Gasteiger partial charge in [0.25, 0.3) is 0 Å². The number of halogens is 1.